The maximum absolute atomic E-state index is 12.0. The molecule has 2 aromatic carbocycles. The third-order valence-corrected chi connectivity index (χ3v) is 5.27. The van der Waals surface area contributed by atoms with Crippen molar-refractivity contribution in [3.05, 3.63) is 71.8 Å². The summed E-state index contributed by atoms with van der Waals surface area (Å²) in [6.45, 7) is -0.195. The van der Waals surface area contributed by atoms with Crippen LogP contribution in [0.25, 0.3) is 0 Å². The van der Waals surface area contributed by atoms with Crippen molar-refractivity contribution in [2.24, 2.45) is 0 Å². The lowest BCUT2D eigenvalue weighted by atomic mass is 10.1. The van der Waals surface area contributed by atoms with Crippen LogP contribution in [0, 0.1) is 5.41 Å². The van der Waals surface area contributed by atoms with Crippen LogP contribution in [0.1, 0.15) is 15.9 Å². The molecule has 1 aliphatic heterocycles. The predicted molar refractivity (Wildman–Crippen MR) is 103 cm³/mol. The van der Waals surface area contributed by atoms with E-state index in [1.165, 1.54) is 11.8 Å². The van der Waals surface area contributed by atoms with Crippen LogP contribution in [-0.2, 0) is 15.2 Å². The number of hydrogen-bond acceptors (Lipinski definition) is 7. The van der Waals surface area contributed by atoms with E-state index >= 15 is 0 Å². The Labute approximate surface area is 161 Å². The smallest absolute Gasteiger partial charge is 0.338 e. The Morgan fingerprint density at radius 1 is 1.04 bits per heavy atom. The van der Waals surface area contributed by atoms with E-state index in [-0.39, 0.29) is 11.7 Å². The van der Waals surface area contributed by atoms with Crippen molar-refractivity contribution in [2.75, 3.05) is 6.61 Å². The summed E-state index contributed by atoms with van der Waals surface area (Å²) in [5.74, 6) is 0.0357. The molecule has 1 fully saturated rings. The van der Waals surface area contributed by atoms with Gasteiger partial charge in [-0.2, -0.15) is 0 Å². The molecule has 0 unspecified atom stereocenters. The Morgan fingerprint density at radius 2 is 1.67 bits per heavy atom. The fourth-order valence-electron chi connectivity index (χ4n) is 2.74. The second-order valence-electron chi connectivity index (χ2n) is 6.18. The molecule has 0 aliphatic carbocycles. The molecule has 1 heterocycles. The van der Waals surface area contributed by atoms with Crippen LogP contribution in [-0.4, -0.2) is 52.2 Å². The van der Waals surface area contributed by atoms with Crippen molar-refractivity contribution in [1.82, 2.24) is 0 Å². The van der Waals surface area contributed by atoms with Gasteiger partial charge in [0.05, 0.1) is 10.6 Å². The van der Waals surface area contributed by atoms with E-state index in [0.29, 0.717) is 11.3 Å². The van der Waals surface area contributed by atoms with Gasteiger partial charge in [0.2, 0.25) is 0 Å². The molecule has 142 valence electrons. The molecule has 6 nitrogen and oxygen atoms in total. The fraction of sp³-hybridized carbons (Fsp3) is 0.300. The van der Waals surface area contributed by atoms with E-state index in [0.717, 1.165) is 5.56 Å². The SMILES string of the molecule is N=C(SCc1ccccc1)[C@@H]1O[C@H](COC(=O)c2ccccc2)[C@@H](O)[C@H]1O. The summed E-state index contributed by atoms with van der Waals surface area (Å²) >= 11 is 1.24. The maximum atomic E-state index is 12.0. The highest BCUT2D eigenvalue weighted by atomic mass is 32.2. The van der Waals surface area contributed by atoms with E-state index in [9.17, 15) is 15.0 Å². The summed E-state index contributed by atoms with van der Waals surface area (Å²) in [4.78, 5) is 12.0. The van der Waals surface area contributed by atoms with E-state index < -0.39 is 30.4 Å². The van der Waals surface area contributed by atoms with Gasteiger partial charge in [-0.15, -0.1) is 11.8 Å². The van der Waals surface area contributed by atoms with Crippen LogP contribution < -0.4 is 0 Å². The lowest BCUT2D eigenvalue weighted by molar-refractivity contribution is -0.0240. The Hall–Kier alpha value is -2.19. The van der Waals surface area contributed by atoms with Crippen molar-refractivity contribution >= 4 is 22.8 Å². The van der Waals surface area contributed by atoms with Gasteiger partial charge in [-0.05, 0) is 17.7 Å². The number of carbonyl (C=O) groups is 1. The molecule has 0 radical (unpaired) electrons. The van der Waals surface area contributed by atoms with Crippen LogP contribution in [0.4, 0.5) is 0 Å². The number of nitrogens with one attached hydrogen (secondary N) is 1. The number of aliphatic hydroxyl groups excluding tert-OH is 2. The molecule has 1 saturated heterocycles. The first kappa shape index (κ1) is 19.6. The standard InChI is InChI=1S/C20H21NO5S/c21-19(27-12-13-7-3-1-4-8-13)18-17(23)16(22)15(26-18)11-25-20(24)14-9-5-2-6-10-14/h1-10,15-18,21-23H,11-12H2/t15-,16-,17-,18-/m1/s1. The Kier molecular flexibility index (Phi) is 6.63. The molecule has 3 rings (SSSR count). The van der Waals surface area contributed by atoms with Crippen molar-refractivity contribution in [2.45, 2.75) is 30.2 Å². The number of thioether (sulfide) groups is 1. The third-order valence-electron chi connectivity index (χ3n) is 4.25. The lowest BCUT2D eigenvalue weighted by Gasteiger charge is -2.15. The van der Waals surface area contributed by atoms with Gasteiger partial charge in [-0.3, -0.25) is 5.41 Å². The first-order chi connectivity index (χ1) is 13.1. The third kappa shape index (κ3) is 4.95. The van der Waals surface area contributed by atoms with Crippen LogP contribution in [0.5, 0.6) is 0 Å². The van der Waals surface area contributed by atoms with Crippen LogP contribution >= 0.6 is 11.8 Å². The summed E-state index contributed by atoms with van der Waals surface area (Å²) in [6.07, 6.45) is -4.28. The van der Waals surface area contributed by atoms with Gasteiger partial charge in [0, 0.05) is 5.75 Å². The number of rotatable bonds is 6. The largest absolute Gasteiger partial charge is 0.459 e. The number of aliphatic hydroxyl groups is 2. The predicted octanol–water partition coefficient (Wildman–Crippen LogP) is 2.24. The van der Waals surface area contributed by atoms with Gasteiger partial charge < -0.3 is 19.7 Å². The topological polar surface area (TPSA) is 99.8 Å². The first-order valence-electron chi connectivity index (χ1n) is 8.55. The monoisotopic (exact) mass is 387 g/mol. The van der Waals surface area contributed by atoms with E-state index in [1.807, 2.05) is 30.3 Å². The molecule has 0 saturated carbocycles. The highest BCUT2D eigenvalue weighted by Gasteiger charge is 2.45. The normalized spacial score (nSPS) is 24.5. The van der Waals surface area contributed by atoms with Gasteiger partial charge in [-0.25, -0.2) is 4.79 Å². The maximum Gasteiger partial charge on any atom is 0.338 e. The number of ether oxygens (including phenoxy) is 2. The minimum atomic E-state index is -1.23. The van der Waals surface area contributed by atoms with Crippen LogP contribution in [0.3, 0.4) is 0 Å². The zero-order valence-corrected chi connectivity index (χ0v) is 15.3. The van der Waals surface area contributed by atoms with Gasteiger partial charge in [0.1, 0.15) is 31.0 Å². The molecule has 4 atom stereocenters. The van der Waals surface area contributed by atoms with E-state index in [4.69, 9.17) is 14.9 Å². The summed E-state index contributed by atoms with van der Waals surface area (Å²) < 4.78 is 10.8. The molecule has 27 heavy (non-hydrogen) atoms. The number of hydrogen-bond donors (Lipinski definition) is 3. The van der Waals surface area contributed by atoms with E-state index in [2.05, 4.69) is 0 Å². The molecule has 0 amide bonds. The molecule has 1 aliphatic rings. The Bertz CT molecular complexity index is 770. The molecule has 0 spiro atoms. The second-order valence-corrected chi connectivity index (χ2v) is 7.20. The van der Waals surface area contributed by atoms with Crippen molar-refractivity contribution in [1.29, 1.82) is 5.41 Å². The molecular formula is C20H21NO5S. The van der Waals surface area contributed by atoms with Gasteiger partial charge in [0.15, 0.2) is 0 Å². The van der Waals surface area contributed by atoms with Crippen LogP contribution in [0.15, 0.2) is 60.7 Å². The highest BCUT2D eigenvalue weighted by molar-refractivity contribution is 8.13. The minimum absolute atomic E-state index is 0.127. The van der Waals surface area contributed by atoms with Gasteiger partial charge in [-0.1, -0.05) is 48.5 Å². The Balaban J connectivity index is 1.52. The molecule has 7 heteroatoms. The first-order valence-corrected chi connectivity index (χ1v) is 9.53. The Morgan fingerprint density at radius 3 is 2.33 bits per heavy atom. The van der Waals surface area contributed by atoms with Gasteiger partial charge >= 0.3 is 5.97 Å². The van der Waals surface area contributed by atoms with E-state index in [1.54, 1.807) is 30.3 Å². The van der Waals surface area contributed by atoms with Crippen molar-refractivity contribution in [3.63, 3.8) is 0 Å². The second kappa shape index (κ2) is 9.14. The number of benzene rings is 2. The lowest BCUT2D eigenvalue weighted by Crippen LogP contribution is -2.36. The molecule has 2 aromatic rings. The molecular weight excluding hydrogens is 366 g/mol. The highest BCUT2D eigenvalue weighted by Crippen LogP contribution is 2.27. The zero-order chi connectivity index (χ0) is 19.2. The molecule has 3 N–H and O–H groups in total. The molecule has 0 aromatic heterocycles. The summed E-state index contributed by atoms with van der Waals surface area (Å²) in [5.41, 5.74) is 1.45. The van der Waals surface area contributed by atoms with Crippen LogP contribution in [0.2, 0.25) is 0 Å². The van der Waals surface area contributed by atoms with Gasteiger partial charge in [0.25, 0.3) is 0 Å². The average molecular weight is 387 g/mol. The summed E-state index contributed by atoms with van der Waals surface area (Å²) in [6, 6.07) is 18.2. The average Bonchev–Trinajstić information content (AvgIpc) is 3.00. The number of carbonyl (C=O) groups excluding carboxylic acids is 1. The van der Waals surface area contributed by atoms with Crippen molar-refractivity contribution in [3.8, 4) is 0 Å². The summed E-state index contributed by atoms with van der Waals surface area (Å²) in [5, 5.41) is 28.7. The number of esters is 1. The quantitative estimate of drug-likeness (QED) is 0.399. The van der Waals surface area contributed by atoms with Crippen molar-refractivity contribution < 1.29 is 24.5 Å². The minimum Gasteiger partial charge on any atom is -0.459 e. The molecule has 0 bridgehead atoms. The summed E-state index contributed by atoms with van der Waals surface area (Å²) in [7, 11) is 0. The fourth-order valence-corrected chi connectivity index (χ4v) is 3.61. The zero-order valence-electron chi connectivity index (χ0n) is 14.5.